The summed E-state index contributed by atoms with van der Waals surface area (Å²) in [5.41, 5.74) is 3.95. The zero-order chi connectivity index (χ0) is 24.0. The van der Waals surface area contributed by atoms with Gasteiger partial charge in [-0.05, 0) is 68.4 Å². The van der Waals surface area contributed by atoms with Gasteiger partial charge >= 0.3 is 17.8 Å². The molecule has 1 heterocycles. The molecule has 1 aromatic carbocycles. The maximum atomic E-state index is 12.5. The number of anilines is 1. The number of carbonyl (C=O) groups is 3. The third kappa shape index (κ3) is 5.89. The average molecular weight is 474 g/mol. The van der Waals surface area contributed by atoms with Crippen molar-refractivity contribution in [2.45, 2.75) is 40.0 Å². The summed E-state index contributed by atoms with van der Waals surface area (Å²) in [5.74, 6) is -1.67. The molecule has 3 rings (SSSR count). The standard InChI is InChI=1S/C23H27N3O6S/c1-4-31-17-11-14(7-9-16(17)27)12-24-26-21(29)20(28)25-22-19(23(30)32-5-2)15-8-6-13(3)10-18(15)33-22/h7,9,11-13,27H,4-6,8,10H2,1-3H3,(H,25,28)(H,26,29)/b24-12+. The number of hydrogen-bond donors (Lipinski definition) is 3. The molecule has 0 bridgehead atoms. The number of ether oxygens (including phenoxy) is 2. The number of amides is 2. The van der Waals surface area contributed by atoms with E-state index in [9.17, 15) is 19.5 Å². The van der Waals surface area contributed by atoms with Gasteiger partial charge in [-0.3, -0.25) is 9.59 Å². The van der Waals surface area contributed by atoms with Gasteiger partial charge in [0, 0.05) is 4.88 Å². The Bertz CT molecular complexity index is 1080. The van der Waals surface area contributed by atoms with Crippen molar-refractivity contribution < 1.29 is 29.0 Å². The number of esters is 1. The first-order valence-electron chi connectivity index (χ1n) is 10.8. The van der Waals surface area contributed by atoms with E-state index in [1.54, 1.807) is 26.0 Å². The van der Waals surface area contributed by atoms with Crippen molar-refractivity contribution in [3.63, 3.8) is 0 Å². The molecule has 1 unspecified atom stereocenters. The van der Waals surface area contributed by atoms with E-state index < -0.39 is 17.8 Å². The molecule has 1 aliphatic carbocycles. The lowest BCUT2D eigenvalue weighted by Gasteiger charge is -2.18. The first kappa shape index (κ1) is 24.2. The van der Waals surface area contributed by atoms with Crippen LogP contribution in [0.25, 0.3) is 0 Å². The van der Waals surface area contributed by atoms with Crippen LogP contribution in [0.2, 0.25) is 0 Å². The van der Waals surface area contributed by atoms with Crippen LogP contribution < -0.4 is 15.5 Å². The molecule has 9 nitrogen and oxygen atoms in total. The summed E-state index contributed by atoms with van der Waals surface area (Å²) in [6.45, 7) is 6.24. The maximum absolute atomic E-state index is 12.5. The van der Waals surface area contributed by atoms with Gasteiger partial charge in [-0.1, -0.05) is 6.92 Å². The monoisotopic (exact) mass is 473 g/mol. The smallest absolute Gasteiger partial charge is 0.341 e. The molecule has 1 aliphatic rings. The highest BCUT2D eigenvalue weighted by molar-refractivity contribution is 7.17. The molecule has 2 aromatic rings. The van der Waals surface area contributed by atoms with Crippen LogP contribution >= 0.6 is 11.3 Å². The number of carbonyl (C=O) groups excluding carboxylic acids is 3. The number of nitrogens with zero attached hydrogens (tertiary/aromatic N) is 1. The number of phenols is 1. The second kappa shape index (κ2) is 11.0. The Labute approximate surface area is 195 Å². The van der Waals surface area contributed by atoms with E-state index in [-0.39, 0.29) is 18.1 Å². The fourth-order valence-electron chi connectivity index (χ4n) is 3.52. The number of benzene rings is 1. The molecular weight excluding hydrogens is 446 g/mol. The van der Waals surface area contributed by atoms with E-state index in [4.69, 9.17) is 9.47 Å². The molecule has 1 aromatic heterocycles. The summed E-state index contributed by atoms with van der Waals surface area (Å²) in [6.07, 6.45) is 3.81. The summed E-state index contributed by atoms with van der Waals surface area (Å²) >= 11 is 1.31. The van der Waals surface area contributed by atoms with Crippen LogP contribution in [0.3, 0.4) is 0 Å². The number of hydrogen-bond acceptors (Lipinski definition) is 8. The number of phenolic OH excluding ortho intramolecular Hbond substituents is 1. The number of nitrogens with one attached hydrogen (secondary N) is 2. The molecule has 0 fully saturated rings. The van der Waals surface area contributed by atoms with E-state index in [0.717, 1.165) is 29.7 Å². The first-order valence-corrected chi connectivity index (χ1v) is 11.6. The Morgan fingerprint density at radius 2 is 2.03 bits per heavy atom. The minimum atomic E-state index is -0.982. The third-order valence-electron chi connectivity index (χ3n) is 5.09. The number of thiophene rings is 1. The fourth-order valence-corrected chi connectivity index (χ4v) is 4.91. The predicted molar refractivity (Wildman–Crippen MR) is 125 cm³/mol. The fraction of sp³-hybridized carbons (Fsp3) is 0.391. The number of hydrazone groups is 1. The molecule has 0 aliphatic heterocycles. The zero-order valence-electron chi connectivity index (χ0n) is 18.8. The largest absolute Gasteiger partial charge is 0.504 e. The van der Waals surface area contributed by atoms with Gasteiger partial charge in [-0.25, -0.2) is 10.2 Å². The molecule has 3 N–H and O–H groups in total. The van der Waals surface area contributed by atoms with Gasteiger partial charge in [0.25, 0.3) is 0 Å². The van der Waals surface area contributed by atoms with Crippen LogP contribution in [0.5, 0.6) is 11.5 Å². The number of fused-ring (bicyclic) bond motifs is 1. The van der Waals surface area contributed by atoms with Gasteiger partial charge in [-0.2, -0.15) is 5.10 Å². The van der Waals surface area contributed by atoms with E-state index in [0.29, 0.717) is 28.7 Å². The van der Waals surface area contributed by atoms with Gasteiger partial charge < -0.3 is 19.9 Å². The van der Waals surface area contributed by atoms with E-state index in [1.165, 1.54) is 23.6 Å². The summed E-state index contributed by atoms with van der Waals surface area (Å²) in [4.78, 5) is 38.3. The van der Waals surface area contributed by atoms with Gasteiger partial charge in [0.1, 0.15) is 5.00 Å². The summed E-state index contributed by atoms with van der Waals surface area (Å²) in [6, 6.07) is 4.57. The van der Waals surface area contributed by atoms with Crippen molar-refractivity contribution in [3.8, 4) is 11.5 Å². The Balaban J connectivity index is 1.70. The lowest BCUT2D eigenvalue weighted by molar-refractivity contribution is -0.136. The van der Waals surface area contributed by atoms with E-state index >= 15 is 0 Å². The predicted octanol–water partition coefficient (Wildman–Crippen LogP) is 3.24. The van der Waals surface area contributed by atoms with Crippen LogP contribution in [0, 0.1) is 5.92 Å². The van der Waals surface area contributed by atoms with Crippen LogP contribution in [-0.2, 0) is 27.2 Å². The van der Waals surface area contributed by atoms with Gasteiger partial charge in [0.05, 0.1) is 25.0 Å². The second-order valence-corrected chi connectivity index (χ2v) is 8.69. The summed E-state index contributed by atoms with van der Waals surface area (Å²) in [7, 11) is 0. The number of aromatic hydroxyl groups is 1. The Morgan fingerprint density at radius 1 is 1.24 bits per heavy atom. The van der Waals surface area contributed by atoms with E-state index in [1.807, 2.05) is 0 Å². The molecule has 0 spiro atoms. The molecule has 0 saturated carbocycles. The topological polar surface area (TPSA) is 126 Å². The molecular formula is C23H27N3O6S. The molecule has 10 heteroatoms. The number of rotatable bonds is 7. The van der Waals surface area contributed by atoms with Gasteiger partial charge in [-0.15, -0.1) is 11.3 Å². The minimum absolute atomic E-state index is 0.0112. The molecule has 2 amide bonds. The summed E-state index contributed by atoms with van der Waals surface area (Å²) < 4.78 is 10.5. The van der Waals surface area contributed by atoms with Crippen molar-refractivity contribution in [1.82, 2.24) is 5.43 Å². The molecule has 1 atom stereocenters. The highest BCUT2D eigenvalue weighted by Crippen LogP contribution is 2.40. The van der Waals surface area contributed by atoms with Crippen LogP contribution in [0.4, 0.5) is 5.00 Å². The third-order valence-corrected chi connectivity index (χ3v) is 6.26. The Morgan fingerprint density at radius 3 is 2.76 bits per heavy atom. The molecule has 33 heavy (non-hydrogen) atoms. The highest BCUT2D eigenvalue weighted by Gasteiger charge is 2.30. The molecule has 0 radical (unpaired) electrons. The van der Waals surface area contributed by atoms with Crippen LogP contribution in [-0.4, -0.2) is 42.3 Å². The lowest BCUT2D eigenvalue weighted by atomic mass is 9.88. The minimum Gasteiger partial charge on any atom is -0.504 e. The SMILES string of the molecule is CCOC(=O)c1c(NC(=O)C(=O)N/N=C/c2ccc(O)c(OCC)c2)sc2c1CCC(C)C2. The lowest BCUT2D eigenvalue weighted by Crippen LogP contribution is -2.32. The van der Waals surface area contributed by atoms with Crippen molar-refractivity contribution in [2.24, 2.45) is 11.0 Å². The normalized spacial score (nSPS) is 15.1. The average Bonchev–Trinajstić information content (AvgIpc) is 3.12. The van der Waals surface area contributed by atoms with Crippen LogP contribution in [0.15, 0.2) is 23.3 Å². The quantitative estimate of drug-likeness (QED) is 0.245. The van der Waals surface area contributed by atoms with Crippen molar-refractivity contribution in [1.29, 1.82) is 0 Å². The summed E-state index contributed by atoms with van der Waals surface area (Å²) in [5, 5.41) is 16.4. The van der Waals surface area contributed by atoms with Gasteiger partial charge in [0.2, 0.25) is 0 Å². The zero-order valence-corrected chi connectivity index (χ0v) is 19.6. The first-order chi connectivity index (χ1) is 15.8. The van der Waals surface area contributed by atoms with E-state index in [2.05, 4.69) is 22.8 Å². The van der Waals surface area contributed by atoms with Crippen molar-refractivity contribution >= 4 is 40.3 Å². The van der Waals surface area contributed by atoms with Gasteiger partial charge in [0.15, 0.2) is 11.5 Å². The highest BCUT2D eigenvalue weighted by atomic mass is 32.1. The van der Waals surface area contributed by atoms with Crippen molar-refractivity contribution in [2.75, 3.05) is 18.5 Å². The molecule has 176 valence electrons. The maximum Gasteiger partial charge on any atom is 0.341 e. The Kier molecular flexibility index (Phi) is 8.05. The second-order valence-electron chi connectivity index (χ2n) is 7.59. The molecule has 0 saturated heterocycles. The Hall–Kier alpha value is -3.40. The van der Waals surface area contributed by atoms with Crippen LogP contribution in [0.1, 0.15) is 53.6 Å². The van der Waals surface area contributed by atoms with Crippen molar-refractivity contribution in [3.05, 3.63) is 39.8 Å².